The third-order valence-electron chi connectivity index (χ3n) is 1.88. The molecule has 0 atom stereocenters. The Balaban J connectivity index is 2.41. The number of amides is 1. The van der Waals surface area contributed by atoms with Crippen molar-refractivity contribution in [2.75, 3.05) is 6.61 Å². The van der Waals surface area contributed by atoms with Gasteiger partial charge in [0.25, 0.3) is 11.6 Å². The lowest BCUT2D eigenvalue weighted by Gasteiger charge is -2.04. The van der Waals surface area contributed by atoms with Crippen molar-refractivity contribution in [3.05, 3.63) is 34.4 Å². The Morgan fingerprint density at radius 3 is 2.72 bits per heavy atom. The second kappa shape index (κ2) is 7.00. The predicted octanol–water partition coefficient (Wildman–Crippen LogP) is 1.49. The SMILES string of the molecule is CCC=NNC(=O)COc1ccc([N+](=O)[O-])cc1. The molecule has 7 nitrogen and oxygen atoms in total. The van der Waals surface area contributed by atoms with Crippen LogP contribution in [0.5, 0.6) is 5.75 Å². The molecule has 18 heavy (non-hydrogen) atoms. The highest BCUT2D eigenvalue weighted by Crippen LogP contribution is 2.16. The maximum Gasteiger partial charge on any atom is 0.277 e. The van der Waals surface area contributed by atoms with Gasteiger partial charge in [0.05, 0.1) is 4.92 Å². The fraction of sp³-hybridized carbons (Fsp3) is 0.273. The summed E-state index contributed by atoms with van der Waals surface area (Å²) in [6.07, 6.45) is 2.28. The quantitative estimate of drug-likeness (QED) is 0.470. The summed E-state index contributed by atoms with van der Waals surface area (Å²) in [5.41, 5.74) is 2.25. The van der Waals surface area contributed by atoms with Crippen LogP contribution in [0.1, 0.15) is 13.3 Å². The predicted molar refractivity (Wildman–Crippen MR) is 65.5 cm³/mol. The van der Waals surface area contributed by atoms with Gasteiger partial charge in [-0.3, -0.25) is 14.9 Å². The molecular formula is C11H13N3O4. The summed E-state index contributed by atoms with van der Waals surface area (Å²) >= 11 is 0. The van der Waals surface area contributed by atoms with Crippen LogP contribution in [0.2, 0.25) is 0 Å². The summed E-state index contributed by atoms with van der Waals surface area (Å²) in [5.74, 6) is -0.00623. The van der Waals surface area contributed by atoms with Gasteiger partial charge < -0.3 is 4.74 Å². The van der Waals surface area contributed by atoms with E-state index < -0.39 is 10.8 Å². The molecule has 96 valence electrons. The summed E-state index contributed by atoms with van der Waals surface area (Å²) in [5, 5.41) is 14.1. The zero-order valence-corrected chi connectivity index (χ0v) is 9.83. The van der Waals surface area contributed by atoms with Crippen LogP contribution in [0.15, 0.2) is 29.4 Å². The number of carbonyl (C=O) groups is 1. The number of hydrogen-bond donors (Lipinski definition) is 1. The van der Waals surface area contributed by atoms with E-state index in [1.807, 2.05) is 6.92 Å². The molecule has 0 heterocycles. The van der Waals surface area contributed by atoms with Crippen LogP contribution < -0.4 is 10.2 Å². The number of non-ortho nitro benzene ring substituents is 1. The van der Waals surface area contributed by atoms with Gasteiger partial charge in [0.15, 0.2) is 6.61 Å². The van der Waals surface area contributed by atoms with Crippen molar-refractivity contribution in [1.29, 1.82) is 0 Å². The fourth-order valence-corrected chi connectivity index (χ4v) is 1.05. The Labute approximate surface area is 104 Å². The molecule has 1 rings (SSSR count). The molecule has 1 aromatic carbocycles. The molecule has 0 spiro atoms. The lowest BCUT2D eigenvalue weighted by molar-refractivity contribution is -0.384. The molecule has 0 aliphatic rings. The summed E-state index contributed by atoms with van der Waals surface area (Å²) in [6.45, 7) is 1.70. The molecule has 0 saturated heterocycles. The largest absolute Gasteiger partial charge is 0.484 e. The van der Waals surface area contributed by atoms with Crippen LogP contribution >= 0.6 is 0 Å². The first kappa shape index (κ1) is 13.6. The number of ether oxygens (including phenoxy) is 1. The summed E-state index contributed by atoms with van der Waals surface area (Å²) in [7, 11) is 0. The highest BCUT2D eigenvalue weighted by Gasteiger charge is 2.05. The van der Waals surface area contributed by atoms with E-state index in [-0.39, 0.29) is 12.3 Å². The van der Waals surface area contributed by atoms with Gasteiger partial charge in [-0.2, -0.15) is 5.10 Å². The molecule has 1 aromatic rings. The van der Waals surface area contributed by atoms with Crippen LogP contribution in [0.25, 0.3) is 0 Å². The Kier molecular flexibility index (Phi) is 5.30. The van der Waals surface area contributed by atoms with Gasteiger partial charge in [0.2, 0.25) is 0 Å². The molecule has 0 aromatic heterocycles. The maximum absolute atomic E-state index is 11.2. The molecule has 0 aliphatic heterocycles. The summed E-state index contributed by atoms with van der Waals surface area (Å²) in [4.78, 5) is 21.1. The van der Waals surface area contributed by atoms with E-state index in [1.165, 1.54) is 24.3 Å². The van der Waals surface area contributed by atoms with E-state index in [1.54, 1.807) is 6.21 Å². The van der Waals surface area contributed by atoms with Crippen LogP contribution in [-0.4, -0.2) is 23.7 Å². The fourth-order valence-electron chi connectivity index (χ4n) is 1.05. The van der Waals surface area contributed by atoms with Gasteiger partial charge >= 0.3 is 0 Å². The lowest BCUT2D eigenvalue weighted by Crippen LogP contribution is -2.24. The van der Waals surface area contributed by atoms with Crippen LogP contribution in [0, 0.1) is 10.1 Å². The van der Waals surface area contributed by atoms with Crippen LogP contribution in [-0.2, 0) is 4.79 Å². The molecule has 0 fully saturated rings. The molecule has 1 N–H and O–H groups in total. The zero-order chi connectivity index (χ0) is 13.4. The smallest absolute Gasteiger partial charge is 0.277 e. The van der Waals surface area contributed by atoms with E-state index in [9.17, 15) is 14.9 Å². The second-order valence-corrected chi connectivity index (χ2v) is 3.29. The molecule has 0 bridgehead atoms. The van der Waals surface area contributed by atoms with Crippen molar-refractivity contribution in [2.24, 2.45) is 5.10 Å². The number of nitro groups is 1. The molecule has 0 unspecified atom stereocenters. The van der Waals surface area contributed by atoms with Crippen molar-refractivity contribution in [1.82, 2.24) is 5.43 Å². The number of hydrogen-bond acceptors (Lipinski definition) is 5. The molecule has 0 aliphatic carbocycles. The van der Waals surface area contributed by atoms with Crippen molar-refractivity contribution in [2.45, 2.75) is 13.3 Å². The van der Waals surface area contributed by atoms with E-state index in [2.05, 4.69) is 10.5 Å². The van der Waals surface area contributed by atoms with Gasteiger partial charge in [-0.1, -0.05) is 6.92 Å². The minimum absolute atomic E-state index is 0.0284. The summed E-state index contributed by atoms with van der Waals surface area (Å²) < 4.78 is 5.12. The Morgan fingerprint density at radius 2 is 2.17 bits per heavy atom. The first-order valence-electron chi connectivity index (χ1n) is 5.31. The maximum atomic E-state index is 11.2. The summed E-state index contributed by atoms with van der Waals surface area (Å²) in [6, 6.07) is 5.48. The molecular weight excluding hydrogens is 238 g/mol. The minimum Gasteiger partial charge on any atom is -0.484 e. The van der Waals surface area contributed by atoms with E-state index in [4.69, 9.17) is 4.74 Å². The first-order chi connectivity index (χ1) is 8.63. The van der Waals surface area contributed by atoms with Gasteiger partial charge in [-0.15, -0.1) is 0 Å². The number of nitrogens with one attached hydrogen (secondary N) is 1. The topological polar surface area (TPSA) is 93.8 Å². The molecule has 7 heteroatoms. The third kappa shape index (κ3) is 4.60. The standard InChI is InChI=1S/C11H13N3O4/c1-2-7-12-13-11(15)8-18-10-5-3-9(4-6-10)14(16)17/h3-7H,2,8H2,1H3,(H,13,15). The van der Waals surface area contributed by atoms with E-state index >= 15 is 0 Å². The number of rotatable bonds is 6. The number of hydrazone groups is 1. The third-order valence-corrected chi connectivity index (χ3v) is 1.88. The number of carbonyl (C=O) groups excluding carboxylic acids is 1. The van der Waals surface area contributed by atoms with Gasteiger partial charge in [0.1, 0.15) is 5.75 Å². The number of benzene rings is 1. The van der Waals surface area contributed by atoms with Gasteiger partial charge in [0, 0.05) is 18.3 Å². The van der Waals surface area contributed by atoms with E-state index in [0.717, 1.165) is 6.42 Å². The molecule has 1 amide bonds. The Bertz CT molecular complexity index is 442. The van der Waals surface area contributed by atoms with Crippen LogP contribution in [0.4, 0.5) is 5.69 Å². The lowest BCUT2D eigenvalue weighted by atomic mass is 10.3. The second-order valence-electron chi connectivity index (χ2n) is 3.29. The van der Waals surface area contributed by atoms with Gasteiger partial charge in [-0.05, 0) is 18.6 Å². The average molecular weight is 251 g/mol. The normalized spacial score (nSPS) is 10.3. The van der Waals surface area contributed by atoms with Crippen molar-refractivity contribution >= 4 is 17.8 Å². The van der Waals surface area contributed by atoms with Crippen molar-refractivity contribution in [3.63, 3.8) is 0 Å². The van der Waals surface area contributed by atoms with Gasteiger partial charge in [-0.25, -0.2) is 5.43 Å². The zero-order valence-electron chi connectivity index (χ0n) is 9.83. The van der Waals surface area contributed by atoms with Crippen LogP contribution in [0.3, 0.4) is 0 Å². The first-order valence-corrected chi connectivity index (χ1v) is 5.31. The van der Waals surface area contributed by atoms with E-state index in [0.29, 0.717) is 5.75 Å². The highest BCUT2D eigenvalue weighted by molar-refractivity contribution is 5.78. The average Bonchev–Trinajstić information content (AvgIpc) is 2.37. The highest BCUT2D eigenvalue weighted by atomic mass is 16.6. The number of nitrogens with zero attached hydrogens (tertiary/aromatic N) is 2. The number of nitro benzene ring substituents is 1. The Morgan fingerprint density at radius 1 is 1.50 bits per heavy atom. The minimum atomic E-state index is -0.504. The monoisotopic (exact) mass is 251 g/mol. The molecule has 0 saturated carbocycles. The van der Waals surface area contributed by atoms with Crippen molar-refractivity contribution < 1.29 is 14.5 Å². The van der Waals surface area contributed by atoms with Crippen molar-refractivity contribution in [3.8, 4) is 5.75 Å². The Hall–Kier alpha value is -2.44. The molecule has 0 radical (unpaired) electrons.